The van der Waals surface area contributed by atoms with Gasteiger partial charge in [0.05, 0.1) is 11.5 Å². The van der Waals surface area contributed by atoms with Crippen molar-refractivity contribution in [1.82, 2.24) is 0 Å². The van der Waals surface area contributed by atoms with Crippen LogP contribution in [0.4, 0.5) is 0 Å². The van der Waals surface area contributed by atoms with Crippen molar-refractivity contribution >= 4 is 21.4 Å². The summed E-state index contributed by atoms with van der Waals surface area (Å²) < 4.78 is 22.1. The Morgan fingerprint density at radius 2 is 2.09 bits per heavy atom. The van der Waals surface area contributed by atoms with Crippen LogP contribution >= 0.6 is 11.6 Å². The van der Waals surface area contributed by atoms with Gasteiger partial charge in [0, 0.05) is 11.9 Å². The molecule has 2 N–H and O–H groups in total. The molecule has 3 nitrogen and oxygen atoms in total. The van der Waals surface area contributed by atoms with E-state index in [2.05, 4.69) is 0 Å². The SMILES string of the molecule is CC(N)CS(=O)(=O)CCCCl. The summed E-state index contributed by atoms with van der Waals surface area (Å²) in [4.78, 5) is 0. The summed E-state index contributed by atoms with van der Waals surface area (Å²) in [6.45, 7) is 1.68. The second-order valence-corrected chi connectivity index (χ2v) is 5.24. The molecule has 5 heteroatoms. The third-order valence-electron chi connectivity index (χ3n) is 1.11. The van der Waals surface area contributed by atoms with E-state index in [1.54, 1.807) is 6.92 Å². The first-order chi connectivity index (χ1) is 4.98. The van der Waals surface area contributed by atoms with Crippen molar-refractivity contribution in [3.05, 3.63) is 0 Å². The van der Waals surface area contributed by atoms with Crippen LogP contribution in [0.15, 0.2) is 0 Å². The maximum atomic E-state index is 11.1. The minimum Gasteiger partial charge on any atom is -0.327 e. The molecule has 0 saturated heterocycles. The van der Waals surface area contributed by atoms with Crippen molar-refractivity contribution in [2.24, 2.45) is 5.73 Å². The summed E-state index contributed by atoms with van der Waals surface area (Å²) in [6, 6.07) is -0.282. The van der Waals surface area contributed by atoms with Gasteiger partial charge in [0.15, 0.2) is 9.84 Å². The van der Waals surface area contributed by atoms with Crippen LogP contribution < -0.4 is 5.73 Å². The van der Waals surface area contributed by atoms with Gasteiger partial charge in [-0.1, -0.05) is 0 Å². The van der Waals surface area contributed by atoms with Gasteiger partial charge in [-0.3, -0.25) is 0 Å². The highest BCUT2D eigenvalue weighted by atomic mass is 35.5. The Morgan fingerprint density at radius 1 is 1.55 bits per heavy atom. The lowest BCUT2D eigenvalue weighted by Crippen LogP contribution is -2.27. The fourth-order valence-electron chi connectivity index (χ4n) is 0.758. The van der Waals surface area contributed by atoms with Crippen LogP contribution in [0.1, 0.15) is 13.3 Å². The molecule has 11 heavy (non-hydrogen) atoms. The molecular weight excluding hydrogens is 186 g/mol. The molecule has 0 amide bonds. The van der Waals surface area contributed by atoms with Crippen molar-refractivity contribution < 1.29 is 8.42 Å². The molecule has 0 bridgehead atoms. The first kappa shape index (κ1) is 11.2. The van der Waals surface area contributed by atoms with E-state index in [-0.39, 0.29) is 17.5 Å². The van der Waals surface area contributed by atoms with Crippen LogP contribution in [0.5, 0.6) is 0 Å². The highest BCUT2D eigenvalue weighted by Crippen LogP contribution is 1.97. The number of hydrogen-bond donors (Lipinski definition) is 1. The number of hydrogen-bond acceptors (Lipinski definition) is 3. The highest BCUT2D eigenvalue weighted by Gasteiger charge is 2.11. The van der Waals surface area contributed by atoms with Gasteiger partial charge in [0.25, 0.3) is 0 Å². The summed E-state index contributed by atoms with van der Waals surface area (Å²) in [5.74, 6) is 0.597. The van der Waals surface area contributed by atoms with Gasteiger partial charge in [-0.25, -0.2) is 8.42 Å². The molecule has 68 valence electrons. The van der Waals surface area contributed by atoms with Crippen molar-refractivity contribution in [1.29, 1.82) is 0 Å². The predicted molar refractivity (Wildman–Crippen MR) is 47.6 cm³/mol. The molecule has 0 aromatic rings. The highest BCUT2D eigenvalue weighted by molar-refractivity contribution is 7.91. The van der Waals surface area contributed by atoms with Gasteiger partial charge in [-0.2, -0.15) is 0 Å². The van der Waals surface area contributed by atoms with Gasteiger partial charge >= 0.3 is 0 Å². The Labute approximate surface area is 72.8 Å². The molecule has 0 aliphatic carbocycles. The lowest BCUT2D eigenvalue weighted by Gasteiger charge is -2.04. The Hall–Kier alpha value is 0.200. The van der Waals surface area contributed by atoms with E-state index in [4.69, 9.17) is 17.3 Å². The zero-order valence-corrected chi connectivity index (χ0v) is 8.16. The topological polar surface area (TPSA) is 60.2 Å². The maximum Gasteiger partial charge on any atom is 0.151 e. The lowest BCUT2D eigenvalue weighted by molar-refractivity contribution is 0.589. The number of nitrogens with two attached hydrogens (primary N) is 1. The molecule has 0 saturated carbocycles. The van der Waals surface area contributed by atoms with Crippen LogP contribution in [0.2, 0.25) is 0 Å². The van der Waals surface area contributed by atoms with Crippen LogP contribution in [-0.4, -0.2) is 31.8 Å². The molecule has 0 aromatic heterocycles. The predicted octanol–water partition coefficient (Wildman–Crippen LogP) is 0.377. The zero-order chi connectivity index (χ0) is 8.91. The molecule has 0 aromatic carbocycles. The summed E-state index contributed by atoms with van der Waals surface area (Å²) in [6.07, 6.45) is 0.511. The monoisotopic (exact) mass is 199 g/mol. The number of halogens is 1. The summed E-state index contributed by atoms with van der Waals surface area (Å²) >= 11 is 5.35. The van der Waals surface area contributed by atoms with E-state index >= 15 is 0 Å². The minimum atomic E-state index is -2.95. The molecule has 0 aliphatic heterocycles. The van der Waals surface area contributed by atoms with Crippen LogP contribution in [0.25, 0.3) is 0 Å². The Kier molecular flexibility index (Phi) is 5.04. The van der Waals surface area contributed by atoms with Crippen LogP contribution in [0, 0.1) is 0 Å². The van der Waals surface area contributed by atoms with Gasteiger partial charge in [0.1, 0.15) is 0 Å². The summed E-state index contributed by atoms with van der Waals surface area (Å²) in [7, 11) is -2.95. The summed E-state index contributed by atoms with van der Waals surface area (Å²) in [5, 5.41) is 0. The first-order valence-corrected chi connectivity index (χ1v) is 5.85. The number of rotatable bonds is 5. The van der Waals surface area contributed by atoms with E-state index in [9.17, 15) is 8.42 Å². The number of sulfone groups is 1. The summed E-state index contributed by atoms with van der Waals surface area (Å²) in [5.41, 5.74) is 5.34. The van der Waals surface area contributed by atoms with Crippen LogP contribution in [0.3, 0.4) is 0 Å². The van der Waals surface area contributed by atoms with E-state index in [1.165, 1.54) is 0 Å². The largest absolute Gasteiger partial charge is 0.327 e. The zero-order valence-electron chi connectivity index (χ0n) is 6.59. The average Bonchev–Trinajstić information content (AvgIpc) is 1.81. The van der Waals surface area contributed by atoms with E-state index < -0.39 is 9.84 Å². The van der Waals surface area contributed by atoms with Crippen molar-refractivity contribution in [3.8, 4) is 0 Å². The lowest BCUT2D eigenvalue weighted by atomic mass is 10.4. The Morgan fingerprint density at radius 3 is 2.45 bits per heavy atom. The Balaban J connectivity index is 3.82. The molecule has 1 atom stereocenters. The molecule has 0 fully saturated rings. The third-order valence-corrected chi connectivity index (χ3v) is 3.32. The molecular formula is C6H14ClNO2S. The third kappa shape index (κ3) is 6.59. The second kappa shape index (κ2) is 4.95. The molecule has 1 unspecified atom stereocenters. The molecule has 0 spiro atoms. The first-order valence-electron chi connectivity index (χ1n) is 3.50. The molecule has 0 radical (unpaired) electrons. The quantitative estimate of drug-likeness (QED) is 0.652. The molecule has 0 rings (SSSR count). The van der Waals surface area contributed by atoms with Gasteiger partial charge < -0.3 is 5.73 Å². The standard InChI is InChI=1S/C6H14ClNO2S/c1-6(8)5-11(9,10)4-2-3-7/h6H,2-5,8H2,1H3. The second-order valence-electron chi connectivity index (χ2n) is 2.63. The van der Waals surface area contributed by atoms with Crippen molar-refractivity contribution in [2.75, 3.05) is 17.4 Å². The fraction of sp³-hybridized carbons (Fsp3) is 1.00. The Bertz CT molecular complexity index is 189. The van der Waals surface area contributed by atoms with E-state index in [1.807, 2.05) is 0 Å². The molecule has 0 aliphatic rings. The average molecular weight is 200 g/mol. The van der Waals surface area contributed by atoms with Gasteiger partial charge in [-0.15, -0.1) is 11.6 Å². The molecule has 0 heterocycles. The fourth-order valence-corrected chi connectivity index (χ4v) is 2.60. The normalized spacial score (nSPS) is 14.8. The van der Waals surface area contributed by atoms with Crippen LogP contribution in [-0.2, 0) is 9.84 Å². The smallest absolute Gasteiger partial charge is 0.151 e. The number of alkyl halides is 1. The minimum absolute atomic E-state index is 0.0594. The van der Waals surface area contributed by atoms with Gasteiger partial charge in [0.2, 0.25) is 0 Å². The van der Waals surface area contributed by atoms with Crippen molar-refractivity contribution in [3.63, 3.8) is 0 Å². The van der Waals surface area contributed by atoms with E-state index in [0.29, 0.717) is 12.3 Å². The van der Waals surface area contributed by atoms with Crippen molar-refractivity contribution in [2.45, 2.75) is 19.4 Å². The maximum absolute atomic E-state index is 11.1. The van der Waals surface area contributed by atoms with E-state index in [0.717, 1.165) is 0 Å². The van der Waals surface area contributed by atoms with Gasteiger partial charge in [-0.05, 0) is 13.3 Å².